The molecule has 6 nitrogen and oxygen atoms in total. The highest BCUT2D eigenvalue weighted by Crippen LogP contribution is 2.24. The fourth-order valence-electron chi connectivity index (χ4n) is 2.99. The standard InChI is InChI=1S/C16H19N5OS/c1-11-9-17-16(23-11)21-6-4-20(5-7-21)15(22)12-2-3-13-14(8-12)19-10-18-13/h2-3,8,10-11H,4-7,9H2,1H3,(H,18,19)/t11-/m0/s1. The molecule has 4 rings (SSSR count). The summed E-state index contributed by atoms with van der Waals surface area (Å²) < 4.78 is 0. The first-order valence-electron chi connectivity index (χ1n) is 7.89. The number of aromatic amines is 1. The Hall–Kier alpha value is -2.02. The number of hydrogen-bond donors (Lipinski definition) is 1. The molecule has 23 heavy (non-hydrogen) atoms. The number of aliphatic imine (C=N–C) groups is 1. The van der Waals surface area contributed by atoms with Crippen molar-refractivity contribution in [1.29, 1.82) is 0 Å². The second-order valence-corrected chi connectivity index (χ2v) is 7.37. The van der Waals surface area contributed by atoms with Crippen molar-refractivity contribution in [3.8, 4) is 0 Å². The summed E-state index contributed by atoms with van der Waals surface area (Å²) >= 11 is 1.84. The quantitative estimate of drug-likeness (QED) is 0.867. The molecule has 1 atom stereocenters. The number of carbonyl (C=O) groups excluding carboxylic acids is 1. The third-order valence-corrected chi connectivity index (χ3v) is 5.44. The highest BCUT2D eigenvalue weighted by atomic mass is 32.2. The molecule has 2 aliphatic rings. The first kappa shape index (κ1) is 14.6. The molecule has 1 aromatic carbocycles. The smallest absolute Gasteiger partial charge is 0.254 e. The van der Waals surface area contributed by atoms with E-state index < -0.39 is 0 Å². The summed E-state index contributed by atoms with van der Waals surface area (Å²) in [6.45, 7) is 6.31. The molecule has 0 saturated carbocycles. The molecule has 1 aromatic heterocycles. The van der Waals surface area contributed by atoms with E-state index in [-0.39, 0.29) is 5.91 Å². The molecule has 1 N–H and O–H groups in total. The minimum absolute atomic E-state index is 0.0931. The number of amides is 1. The molecule has 0 spiro atoms. The summed E-state index contributed by atoms with van der Waals surface area (Å²) in [6, 6.07) is 5.63. The molecule has 2 aromatic rings. The van der Waals surface area contributed by atoms with Gasteiger partial charge in [0.15, 0.2) is 5.17 Å². The number of aromatic nitrogens is 2. The first-order valence-corrected chi connectivity index (χ1v) is 8.77. The summed E-state index contributed by atoms with van der Waals surface area (Å²) in [6.07, 6.45) is 1.65. The molecule has 0 unspecified atom stereocenters. The summed E-state index contributed by atoms with van der Waals surface area (Å²) in [5.41, 5.74) is 2.51. The SMILES string of the molecule is C[C@H]1CN=C(N2CCN(C(=O)c3ccc4nc[nH]c4c3)CC2)S1. The van der Waals surface area contributed by atoms with Crippen LogP contribution in [0, 0.1) is 0 Å². The second kappa shape index (κ2) is 5.88. The van der Waals surface area contributed by atoms with Crippen LogP contribution in [0.3, 0.4) is 0 Å². The first-order chi connectivity index (χ1) is 11.2. The van der Waals surface area contributed by atoms with Crippen molar-refractivity contribution in [3.05, 3.63) is 30.1 Å². The Morgan fingerprint density at radius 2 is 2.13 bits per heavy atom. The molecule has 3 heterocycles. The number of rotatable bonds is 1. The molecule has 0 bridgehead atoms. The van der Waals surface area contributed by atoms with Crippen LogP contribution in [-0.4, -0.2) is 68.8 Å². The third kappa shape index (κ3) is 2.81. The van der Waals surface area contributed by atoms with Gasteiger partial charge in [0.1, 0.15) is 0 Å². The number of fused-ring (bicyclic) bond motifs is 1. The largest absolute Gasteiger partial charge is 0.348 e. The number of nitrogens with one attached hydrogen (secondary N) is 1. The van der Waals surface area contributed by atoms with Crippen LogP contribution >= 0.6 is 11.8 Å². The maximum Gasteiger partial charge on any atom is 0.254 e. The van der Waals surface area contributed by atoms with Crippen molar-refractivity contribution >= 4 is 33.9 Å². The topological polar surface area (TPSA) is 64.6 Å². The average Bonchev–Trinajstić information content (AvgIpc) is 3.22. The van der Waals surface area contributed by atoms with Crippen LogP contribution in [0.1, 0.15) is 17.3 Å². The zero-order valence-corrected chi connectivity index (χ0v) is 13.8. The van der Waals surface area contributed by atoms with Crippen LogP contribution in [0.2, 0.25) is 0 Å². The lowest BCUT2D eigenvalue weighted by Crippen LogP contribution is -2.49. The van der Waals surface area contributed by atoms with Crippen LogP contribution < -0.4 is 0 Å². The zero-order chi connectivity index (χ0) is 15.8. The van der Waals surface area contributed by atoms with E-state index in [1.807, 2.05) is 34.9 Å². The summed E-state index contributed by atoms with van der Waals surface area (Å²) in [5.74, 6) is 0.0931. The van der Waals surface area contributed by atoms with E-state index in [0.29, 0.717) is 5.25 Å². The molecule has 1 fully saturated rings. The van der Waals surface area contributed by atoms with Gasteiger partial charge >= 0.3 is 0 Å². The Bertz CT molecular complexity index is 763. The molecular weight excluding hydrogens is 310 g/mol. The van der Waals surface area contributed by atoms with Crippen LogP contribution in [0.15, 0.2) is 29.5 Å². The average molecular weight is 329 g/mol. The Morgan fingerprint density at radius 1 is 1.30 bits per heavy atom. The van der Waals surface area contributed by atoms with Crippen molar-refractivity contribution in [2.75, 3.05) is 32.7 Å². The molecule has 0 aliphatic carbocycles. The number of piperazine rings is 1. The summed E-state index contributed by atoms with van der Waals surface area (Å²) in [5, 5.41) is 1.72. The van der Waals surface area contributed by atoms with Crippen LogP contribution in [0.5, 0.6) is 0 Å². The molecule has 2 aliphatic heterocycles. The minimum Gasteiger partial charge on any atom is -0.348 e. The van der Waals surface area contributed by atoms with Crippen molar-refractivity contribution in [2.45, 2.75) is 12.2 Å². The Balaban J connectivity index is 1.42. The maximum absolute atomic E-state index is 12.7. The number of imidazole rings is 1. The number of nitrogens with zero attached hydrogens (tertiary/aromatic N) is 4. The van der Waals surface area contributed by atoms with E-state index in [9.17, 15) is 4.79 Å². The number of carbonyl (C=O) groups is 1. The van der Waals surface area contributed by atoms with Crippen LogP contribution in [-0.2, 0) is 0 Å². The van der Waals surface area contributed by atoms with Gasteiger partial charge < -0.3 is 14.8 Å². The van der Waals surface area contributed by atoms with Gasteiger partial charge in [0.05, 0.1) is 23.9 Å². The fraction of sp³-hybridized carbons (Fsp3) is 0.438. The van der Waals surface area contributed by atoms with Gasteiger partial charge in [-0.05, 0) is 18.2 Å². The van der Waals surface area contributed by atoms with Crippen molar-refractivity contribution in [1.82, 2.24) is 19.8 Å². The molecular formula is C16H19N5OS. The lowest BCUT2D eigenvalue weighted by Gasteiger charge is -2.35. The van der Waals surface area contributed by atoms with Gasteiger partial charge in [-0.1, -0.05) is 18.7 Å². The predicted molar refractivity (Wildman–Crippen MR) is 92.9 cm³/mol. The Morgan fingerprint density at radius 3 is 2.87 bits per heavy atom. The highest BCUT2D eigenvalue weighted by Gasteiger charge is 2.27. The van der Waals surface area contributed by atoms with E-state index in [2.05, 4.69) is 26.8 Å². The van der Waals surface area contributed by atoms with Crippen LogP contribution in [0.4, 0.5) is 0 Å². The lowest BCUT2D eigenvalue weighted by atomic mass is 10.1. The predicted octanol–water partition coefficient (Wildman–Crippen LogP) is 1.81. The van der Waals surface area contributed by atoms with Gasteiger partial charge in [-0.3, -0.25) is 9.79 Å². The second-order valence-electron chi connectivity index (χ2n) is 5.97. The van der Waals surface area contributed by atoms with E-state index in [1.165, 1.54) is 0 Å². The van der Waals surface area contributed by atoms with Crippen molar-refractivity contribution in [2.24, 2.45) is 4.99 Å². The van der Waals surface area contributed by atoms with E-state index in [4.69, 9.17) is 0 Å². The number of amidine groups is 1. The number of hydrogen-bond acceptors (Lipinski definition) is 5. The van der Waals surface area contributed by atoms with Gasteiger partial charge in [-0.2, -0.15) is 0 Å². The van der Waals surface area contributed by atoms with E-state index in [1.54, 1.807) is 6.33 Å². The summed E-state index contributed by atoms with van der Waals surface area (Å²) in [7, 11) is 0. The van der Waals surface area contributed by atoms with Crippen LogP contribution in [0.25, 0.3) is 11.0 Å². The Labute approximate surface area is 139 Å². The Kier molecular flexibility index (Phi) is 3.72. The molecule has 1 saturated heterocycles. The van der Waals surface area contributed by atoms with E-state index in [0.717, 1.165) is 54.5 Å². The molecule has 7 heteroatoms. The van der Waals surface area contributed by atoms with Gasteiger partial charge in [0.25, 0.3) is 5.91 Å². The van der Waals surface area contributed by atoms with Gasteiger partial charge in [0.2, 0.25) is 0 Å². The third-order valence-electron chi connectivity index (χ3n) is 4.29. The molecule has 120 valence electrons. The van der Waals surface area contributed by atoms with Gasteiger partial charge in [0, 0.05) is 37.0 Å². The maximum atomic E-state index is 12.7. The monoisotopic (exact) mass is 329 g/mol. The van der Waals surface area contributed by atoms with Gasteiger partial charge in [-0.25, -0.2) is 4.98 Å². The van der Waals surface area contributed by atoms with Gasteiger partial charge in [-0.15, -0.1) is 0 Å². The normalized spacial score (nSPS) is 21.8. The fourth-order valence-corrected chi connectivity index (χ4v) is 3.98. The van der Waals surface area contributed by atoms with Crippen molar-refractivity contribution in [3.63, 3.8) is 0 Å². The lowest BCUT2D eigenvalue weighted by molar-refractivity contribution is 0.0694. The zero-order valence-electron chi connectivity index (χ0n) is 13.0. The number of benzene rings is 1. The molecule has 1 amide bonds. The van der Waals surface area contributed by atoms with Crippen molar-refractivity contribution < 1.29 is 4.79 Å². The molecule has 0 radical (unpaired) electrons. The summed E-state index contributed by atoms with van der Waals surface area (Å²) in [4.78, 5) is 28.7. The minimum atomic E-state index is 0.0931. The van der Waals surface area contributed by atoms with E-state index >= 15 is 0 Å². The number of H-pyrrole nitrogens is 1. The highest BCUT2D eigenvalue weighted by molar-refractivity contribution is 8.14. The number of thioether (sulfide) groups is 1.